The third-order valence-electron chi connectivity index (χ3n) is 3.85. The quantitative estimate of drug-likeness (QED) is 0.813. The molecule has 2 fully saturated rings. The Morgan fingerprint density at radius 2 is 2.37 bits per heavy atom. The minimum atomic E-state index is -0.532. The molecule has 19 heavy (non-hydrogen) atoms. The van der Waals surface area contributed by atoms with Gasteiger partial charge in [-0.05, 0) is 25.0 Å². The number of aryl methyl sites for hydroxylation is 1. The second-order valence-corrected chi connectivity index (χ2v) is 5.26. The average Bonchev–Trinajstić information content (AvgIpc) is 2.96. The summed E-state index contributed by atoms with van der Waals surface area (Å²) >= 11 is 0. The van der Waals surface area contributed by atoms with Crippen LogP contribution in [0.4, 0.5) is 4.79 Å². The summed E-state index contributed by atoms with van der Waals surface area (Å²) in [5, 5.41) is 2.68. The molecule has 2 saturated heterocycles. The van der Waals surface area contributed by atoms with E-state index in [9.17, 15) is 9.59 Å². The van der Waals surface area contributed by atoms with Crippen molar-refractivity contribution in [2.24, 2.45) is 7.05 Å². The fourth-order valence-corrected chi connectivity index (χ4v) is 2.85. The lowest BCUT2D eigenvalue weighted by Crippen LogP contribution is -2.52. The number of carbonyl (C=O) groups excluding carboxylic acids is 2. The summed E-state index contributed by atoms with van der Waals surface area (Å²) in [4.78, 5) is 25.5. The Balaban J connectivity index is 1.77. The van der Waals surface area contributed by atoms with Crippen molar-refractivity contribution in [1.29, 1.82) is 0 Å². The number of hydrogen-bond donors (Lipinski definition) is 1. The van der Waals surface area contributed by atoms with Crippen LogP contribution in [0.15, 0.2) is 18.3 Å². The first-order valence-electron chi connectivity index (χ1n) is 6.47. The lowest BCUT2D eigenvalue weighted by Gasteiger charge is -2.38. The van der Waals surface area contributed by atoms with Gasteiger partial charge >= 0.3 is 6.09 Å². The minimum absolute atomic E-state index is 0.00507. The van der Waals surface area contributed by atoms with Crippen LogP contribution in [0.2, 0.25) is 0 Å². The molecule has 0 unspecified atom stereocenters. The van der Waals surface area contributed by atoms with Gasteiger partial charge in [0.15, 0.2) is 0 Å². The van der Waals surface area contributed by atoms with Crippen molar-refractivity contribution in [2.45, 2.75) is 18.4 Å². The summed E-state index contributed by atoms with van der Waals surface area (Å²) in [6.45, 7) is 1.67. The van der Waals surface area contributed by atoms with Crippen LogP contribution in [-0.2, 0) is 11.8 Å². The summed E-state index contributed by atoms with van der Waals surface area (Å²) in [7, 11) is 1.85. The van der Waals surface area contributed by atoms with Crippen molar-refractivity contribution in [3.8, 4) is 0 Å². The maximum absolute atomic E-state index is 12.4. The number of likely N-dealkylation sites (tertiary alicyclic amines) is 1. The maximum Gasteiger partial charge on any atom is 0.407 e. The number of piperidine rings is 1. The summed E-state index contributed by atoms with van der Waals surface area (Å²) in [6, 6.07) is 3.66. The van der Waals surface area contributed by atoms with Gasteiger partial charge in [-0.25, -0.2) is 4.79 Å². The zero-order valence-corrected chi connectivity index (χ0v) is 10.9. The highest BCUT2D eigenvalue weighted by Crippen LogP contribution is 2.28. The Kier molecular flexibility index (Phi) is 2.73. The molecule has 0 aromatic carbocycles. The standard InChI is InChI=1S/C13H17N3O3/c1-15-6-2-4-10(15)11(17)16-7-3-5-13(9-16)8-14-12(18)19-13/h2,4,6H,3,5,7-9H2,1H3,(H,14,18)/t13-/m1/s1. The van der Waals surface area contributed by atoms with Crippen molar-refractivity contribution in [3.63, 3.8) is 0 Å². The molecule has 1 N–H and O–H groups in total. The molecule has 0 radical (unpaired) electrons. The van der Waals surface area contributed by atoms with Crippen LogP contribution >= 0.6 is 0 Å². The molecule has 1 aromatic rings. The van der Waals surface area contributed by atoms with Crippen molar-refractivity contribution in [2.75, 3.05) is 19.6 Å². The Hall–Kier alpha value is -1.98. The van der Waals surface area contributed by atoms with E-state index in [0.717, 1.165) is 12.8 Å². The van der Waals surface area contributed by atoms with E-state index >= 15 is 0 Å². The Bertz CT molecular complexity index is 525. The Morgan fingerprint density at radius 3 is 3.00 bits per heavy atom. The molecule has 2 amide bonds. The van der Waals surface area contributed by atoms with Gasteiger partial charge in [0.1, 0.15) is 11.3 Å². The molecule has 3 heterocycles. The molecule has 0 saturated carbocycles. The molecule has 6 heteroatoms. The van der Waals surface area contributed by atoms with Crippen molar-refractivity contribution < 1.29 is 14.3 Å². The fraction of sp³-hybridized carbons (Fsp3) is 0.538. The topological polar surface area (TPSA) is 63.6 Å². The smallest absolute Gasteiger partial charge is 0.407 e. The first-order chi connectivity index (χ1) is 9.10. The van der Waals surface area contributed by atoms with Crippen LogP contribution in [0.5, 0.6) is 0 Å². The van der Waals surface area contributed by atoms with Crippen molar-refractivity contribution >= 4 is 12.0 Å². The van der Waals surface area contributed by atoms with Crippen molar-refractivity contribution in [3.05, 3.63) is 24.0 Å². The second-order valence-electron chi connectivity index (χ2n) is 5.26. The fourth-order valence-electron chi connectivity index (χ4n) is 2.85. The first-order valence-corrected chi connectivity index (χ1v) is 6.47. The van der Waals surface area contributed by atoms with Gasteiger partial charge in [-0.1, -0.05) is 0 Å². The SMILES string of the molecule is Cn1cccc1C(=O)N1CCC[C@@]2(CNC(=O)O2)C1. The number of nitrogens with one attached hydrogen (secondary N) is 1. The Labute approximate surface area is 111 Å². The predicted octanol–water partition coefficient (Wildman–Crippen LogP) is 0.740. The molecular formula is C13H17N3O3. The molecule has 0 aliphatic carbocycles. The van der Waals surface area contributed by atoms with E-state index in [1.807, 2.05) is 29.9 Å². The van der Waals surface area contributed by atoms with E-state index in [1.165, 1.54) is 0 Å². The number of hydrogen-bond acceptors (Lipinski definition) is 3. The minimum Gasteiger partial charge on any atom is -0.439 e. The van der Waals surface area contributed by atoms with E-state index in [4.69, 9.17) is 4.74 Å². The molecule has 6 nitrogen and oxygen atoms in total. The molecular weight excluding hydrogens is 246 g/mol. The van der Waals surface area contributed by atoms with Gasteiger partial charge < -0.3 is 19.5 Å². The number of rotatable bonds is 1. The predicted molar refractivity (Wildman–Crippen MR) is 67.8 cm³/mol. The van der Waals surface area contributed by atoms with Crippen LogP contribution in [0.25, 0.3) is 0 Å². The lowest BCUT2D eigenvalue weighted by molar-refractivity contribution is -0.00536. The molecule has 0 bridgehead atoms. The third-order valence-corrected chi connectivity index (χ3v) is 3.85. The highest BCUT2D eigenvalue weighted by molar-refractivity contribution is 5.93. The van der Waals surface area contributed by atoms with E-state index in [1.54, 1.807) is 4.90 Å². The van der Waals surface area contributed by atoms with Crippen molar-refractivity contribution in [1.82, 2.24) is 14.8 Å². The van der Waals surface area contributed by atoms with Gasteiger partial charge in [0.2, 0.25) is 0 Å². The van der Waals surface area contributed by atoms with Gasteiger partial charge in [-0.15, -0.1) is 0 Å². The highest BCUT2D eigenvalue weighted by atomic mass is 16.6. The van der Waals surface area contributed by atoms with Gasteiger partial charge in [0.05, 0.1) is 13.1 Å². The van der Waals surface area contributed by atoms with Crippen LogP contribution < -0.4 is 5.32 Å². The second kappa shape index (κ2) is 4.29. The van der Waals surface area contributed by atoms with Gasteiger partial charge in [0.25, 0.3) is 5.91 Å². The van der Waals surface area contributed by atoms with E-state index in [-0.39, 0.29) is 12.0 Å². The molecule has 1 atom stereocenters. The summed E-state index contributed by atoms with van der Waals surface area (Å²) in [6.07, 6.45) is 3.13. The van der Waals surface area contributed by atoms with Gasteiger partial charge in [-0.3, -0.25) is 4.79 Å². The van der Waals surface area contributed by atoms with E-state index in [0.29, 0.717) is 25.3 Å². The molecule has 1 spiro atoms. The Morgan fingerprint density at radius 1 is 1.53 bits per heavy atom. The molecule has 3 rings (SSSR count). The molecule has 2 aliphatic heterocycles. The monoisotopic (exact) mass is 263 g/mol. The number of carbonyl (C=O) groups is 2. The first kappa shape index (κ1) is 12.1. The van der Waals surface area contributed by atoms with Crippen LogP contribution in [0.1, 0.15) is 23.3 Å². The highest BCUT2D eigenvalue weighted by Gasteiger charge is 2.45. The van der Waals surface area contributed by atoms with Gasteiger partial charge in [-0.2, -0.15) is 0 Å². The summed E-state index contributed by atoms with van der Waals surface area (Å²) in [5.74, 6) is -0.00507. The van der Waals surface area contributed by atoms with Gasteiger partial charge in [0, 0.05) is 19.8 Å². The lowest BCUT2D eigenvalue weighted by atomic mass is 9.93. The summed E-state index contributed by atoms with van der Waals surface area (Å²) < 4.78 is 7.18. The number of alkyl carbamates (subject to hydrolysis) is 1. The van der Waals surface area contributed by atoms with E-state index < -0.39 is 5.60 Å². The zero-order valence-electron chi connectivity index (χ0n) is 10.9. The van der Waals surface area contributed by atoms with Crippen LogP contribution in [0, 0.1) is 0 Å². The third kappa shape index (κ3) is 2.07. The average molecular weight is 263 g/mol. The summed E-state index contributed by atoms with van der Waals surface area (Å²) in [5.41, 5.74) is 0.130. The van der Waals surface area contributed by atoms with E-state index in [2.05, 4.69) is 5.32 Å². The normalized spacial score (nSPS) is 26.4. The number of ether oxygens (including phenoxy) is 1. The zero-order chi connectivity index (χ0) is 13.5. The molecule has 102 valence electrons. The maximum atomic E-state index is 12.4. The molecule has 1 aromatic heterocycles. The molecule has 2 aliphatic rings. The largest absolute Gasteiger partial charge is 0.439 e. The number of nitrogens with zero attached hydrogens (tertiary/aromatic N) is 2. The van der Waals surface area contributed by atoms with Crippen LogP contribution in [0.3, 0.4) is 0 Å². The van der Waals surface area contributed by atoms with Crippen LogP contribution in [-0.4, -0.2) is 46.7 Å². The number of aromatic nitrogens is 1. The number of amides is 2.